The molecular formula is C74H125NO8P+. The van der Waals surface area contributed by atoms with Gasteiger partial charge in [-0.1, -0.05) is 288 Å². The number of quaternary nitrogens is 1. The van der Waals surface area contributed by atoms with E-state index in [-0.39, 0.29) is 32.0 Å². The molecule has 0 aliphatic heterocycles. The summed E-state index contributed by atoms with van der Waals surface area (Å²) in [6.45, 7) is 4.28. The van der Waals surface area contributed by atoms with Crippen LogP contribution >= 0.6 is 7.82 Å². The summed E-state index contributed by atoms with van der Waals surface area (Å²) in [5.74, 6) is -0.850. The van der Waals surface area contributed by atoms with Crippen LogP contribution in [0.3, 0.4) is 0 Å². The second-order valence-electron chi connectivity index (χ2n) is 23.1. The van der Waals surface area contributed by atoms with E-state index in [1.54, 1.807) is 0 Å². The van der Waals surface area contributed by atoms with Crippen LogP contribution in [0.2, 0.25) is 0 Å². The van der Waals surface area contributed by atoms with Gasteiger partial charge in [0.05, 0.1) is 27.7 Å². The monoisotopic (exact) mass is 1190 g/mol. The Bertz CT molecular complexity index is 1930. The number of carbonyl (C=O) groups excluding carboxylic acids is 2. The molecule has 0 spiro atoms. The molecule has 0 fully saturated rings. The maximum atomic E-state index is 12.8. The highest BCUT2D eigenvalue weighted by molar-refractivity contribution is 7.47. The molecule has 1 N–H and O–H groups in total. The molecule has 0 saturated carbocycles. The molecule has 10 heteroatoms. The van der Waals surface area contributed by atoms with Gasteiger partial charge in [-0.25, -0.2) is 4.57 Å². The van der Waals surface area contributed by atoms with E-state index in [0.29, 0.717) is 17.4 Å². The number of phosphoric ester groups is 1. The fourth-order valence-corrected chi connectivity index (χ4v) is 9.50. The standard InChI is InChI=1S/C74H124NO8P/c1-6-8-10-12-14-16-18-20-22-24-26-28-29-30-31-32-33-34-35-36-37-38-39-40-41-42-43-44-45-47-49-51-53-55-57-59-61-63-65-67-74(77)83-72(71-82-84(78,79)81-69-68-75(3,4)5)70-80-73(76)66-64-62-60-58-56-54-52-50-48-46-27-25-23-21-19-17-15-13-11-9-7-2/h8,10,14,16,20,22,26,28,30-31,33-34,36-37,39-40,42-43,45,47,51,53,57,59,72H,6-7,9,11-13,15,17-19,21,23-25,27,29,32,35,38,41,44,46,48-50,52,54-56,58,60-71H2,1-5H3/p+1/b10-8-,16-14-,22-20-,28-26-,31-30-,34-33-,37-36-,40-39-,43-42-,47-45-,53-51-,59-57-. The average molecular weight is 1190 g/mol. The molecule has 0 aromatic rings. The van der Waals surface area contributed by atoms with Crippen LogP contribution in [-0.2, 0) is 32.7 Å². The second-order valence-corrected chi connectivity index (χ2v) is 24.6. The fourth-order valence-electron chi connectivity index (χ4n) is 8.76. The van der Waals surface area contributed by atoms with Gasteiger partial charge in [0.1, 0.15) is 19.8 Å². The highest BCUT2D eigenvalue weighted by Gasteiger charge is 2.27. The van der Waals surface area contributed by atoms with Crippen LogP contribution in [0, 0.1) is 0 Å². The number of hydrogen-bond donors (Lipinski definition) is 1. The van der Waals surface area contributed by atoms with Crippen molar-refractivity contribution in [2.24, 2.45) is 0 Å². The molecule has 0 heterocycles. The van der Waals surface area contributed by atoms with E-state index in [0.717, 1.165) is 109 Å². The lowest BCUT2D eigenvalue weighted by molar-refractivity contribution is -0.870. The van der Waals surface area contributed by atoms with E-state index >= 15 is 0 Å². The number of phosphoric acid groups is 1. The molecule has 2 atom stereocenters. The first-order valence-electron chi connectivity index (χ1n) is 33.6. The van der Waals surface area contributed by atoms with Gasteiger partial charge in [-0.05, 0) is 103 Å². The van der Waals surface area contributed by atoms with Gasteiger partial charge in [-0.3, -0.25) is 18.6 Å². The number of carbonyl (C=O) groups is 2. The fraction of sp³-hybridized carbons (Fsp3) is 0.649. The topological polar surface area (TPSA) is 108 Å². The summed E-state index contributed by atoms with van der Waals surface area (Å²) in [4.78, 5) is 35.8. The van der Waals surface area contributed by atoms with Crippen molar-refractivity contribution in [2.45, 2.75) is 264 Å². The van der Waals surface area contributed by atoms with Crippen LogP contribution < -0.4 is 0 Å². The summed E-state index contributed by atoms with van der Waals surface area (Å²) in [6.07, 6.45) is 93.7. The van der Waals surface area contributed by atoms with E-state index in [4.69, 9.17) is 18.5 Å². The number of esters is 2. The molecule has 9 nitrogen and oxygen atoms in total. The average Bonchev–Trinajstić information content (AvgIpc) is 3.61. The van der Waals surface area contributed by atoms with Crippen LogP contribution in [-0.4, -0.2) is 74.9 Å². The summed E-state index contributed by atoms with van der Waals surface area (Å²) in [6, 6.07) is 0. The van der Waals surface area contributed by atoms with E-state index in [9.17, 15) is 19.0 Å². The Balaban J connectivity index is 4.22. The molecule has 0 bridgehead atoms. The van der Waals surface area contributed by atoms with Gasteiger partial charge in [0.15, 0.2) is 6.10 Å². The van der Waals surface area contributed by atoms with Crippen LogP contribution in [0.15, 0.2) is 146 Å². The lowest BCUT2D eigenvalue weighted by Gasteiger charge is -2.24. The van der Waals surface area contributed by atoms with Crippen LogP contribution in [0.1, 0.15) is 258 Å². The van der Waals surface area contributed by atoms with Crippen LogP contribution in [0.5, 0.6) is 0 Å². The maximum absolute atomic E-state index is 12.8. The van der Waals surface area contributed by atoms with Gasteiger partial charge < -0.3 is 18.9 Å². The zero-order valence-electron chi connectivity index (χ0n) is 54.3. The predicted molar refractivity (Wildman–Crippen MR) is 362 cm³/mol. The summed E-state index contributed by atoms with van der Waals surface area (Å²) in [5, 5.41) is 0. The van der Waals surface area contributed by atoms with Gasteiger partial charge >= 0.3 is 19.8 Å². The first-order valence-corrected chi connectivity index (χ1v) is 35.1. The van der Waals surface area contributed by atoms with E-state index < -0.39 is 26.5 Å². The zero-order chi connectivity index (χ0) is 61.2. The van der Waals surface area contributed by atoms with Crippen molar-refractivity contribution < 1.29 is 42.1 Å². The molecule has 0 amide bonds. The van der Waals surface area contributed by atoms with Crippen LogP contribution in [0.25, 0.3) is 0 Å². The predicted octanol–water partition coefficient (Wildman–Crippen LogP) is 21.8. The smallest absolute Gasteiger partial charge is 0.462 e. The molecule has 478 valence electrons. The molecule has 0 rings (SSSR count). The maximum Gasteiger partial charge on any atom is 0.472 e. The quantitative estimate of drug-likeness (QED) is 0.0211. The second kappa shape index (κ2) is 63.4. The zero-order valence-corrected chi connectivity index (χ0v) is 55.2. The van der Waals surface area contributed by atoms with Crippen molar-refractivity contribution >= 4 is 19.8 Å². The highest BCUT2D eigenvalue weighted by Crippen LogP contribution is 2.43. The van der Waals surface area contributed by atoms with Crippen molar-refractivity contribution in [3.05, 3.63) is 146 Å². The summed E-state index contributed by atoms with van der Waals surface area (Å²) in [7, 11) is 1.44. The molecular weight excluding hydrogens is 1060 g/mol. The molecule has 0 saturated heterocycles. The minimum absolute atomic E-state index is 0.0170. The molecule has 0 aliphatic carbocycles. The minimum Gasteiger partial charge on any atom is -0.462 e. The van der Waals surface area contributed by atoms with Gasteiger partial charge in [0.25, 0.3) is 0 Å². The molecule has 0 aromatic heterocycles. The van der Waals surface area contributed by atoms with Crippen molar-refractivity contribution in [1.82, 2.24) is 0 Å². The number of rotatable bonds is 60. The number of hydrogen-bond acceptors (Lipinski definition) is 7. The molecule has 0 aromatic carbocycles. The lowest BCUT2D eigenvalue weighted by atomic mass is 10.0. The first-order chi connectivity index (χ1) is 41.0. The normalized spacial score (nSPS) is 14.1. The van der Waals surface area contributed by atoms with Gasteiger partial charge in [-0.2, -0.15) is 0 Å². The summed E-state index contributed by atoms with van der Waals surface area (Å²) in [5.41, 5.74) is 0. The number of nitrogens with zero attached hydrogens (tertiary/aromatic N) is 1. The van der Waals surface area contributed by atoms with Crippen molar-refractivity contribution in [1.29, 1.82) is 0 Å². The molecule has 0 radical (unpaired) electrons. The Labute approximate surface area is 516 Å². The summed E-state index contributed by atoms with van der Waals surface area (Å²) >= 11 is 0. The lowest BCUT2D eigenvalue weighted by Crippen LogP contribution is -2.37. The van der Waals surface area contributed by atoms with Crippen LogP contribution in [0.4, 0.5) is 0 Å². The third-order valence-electron chi connectivity index (χ3n) is 13.9. The van der Waals surface area contributed by atoms with E-state index in [1.165, 1.54) is 116 Å². The Hall–Kier alpha value is -4.11. The Morgan fingerprint density at radius 1 is 0.381 bits per heavy atom. The van der Waals surface area contributed by atoms with Crippen molar-refractivity contribution in [3.63, 3.8) is 0 Å². The van der Waals surface area contributed by atoms with Gasteiger partial charge in [0.2, 0.25) is 0 Å². The number of likely N-dealkylation sites (N-methyl/N-ethyl adjacent to an activating group) is 1. The number of allylic oxidation sites excluding steroid dienone is 24. The van der Waals surface area contributed by atoms with Gasteiger partial charge in [-0.15, -0.1) is 0 Å². The highest BCUT2D eigenvalue weighted by atomic mass is 31.2. The Kier molecular flexibility index (Phi) is 60.3. The number of unbranched alkanes of at least 4 members (excludes halogenated alkanes) is 22. The van der Waals surface area contributed by atoms with E-state index in [1.807, 2.05) is 21.1 Å². The third-order valence-corrected chi connectivity index (χ3v) is 14.9. The third kappa shape index (κ3) is 67.0. The Morgan fingerprint density at radius 3 is 1.01 bits per heavy atom. The van der Waals surface area contributed by atoms with E-state index in [2.05, 4.69) is 160 Å². The SMILES string of the molecule is CC/C=C\C/C=C\C/C=C\C/C=C\C/C=C\C/C=C\C/C=C\C/C=C\C/C=C\C/C=C\C/C=C\C/C=C\CCCCC(=O)OC(COC(=O)CCCCCCCCCCCCCCCCCCCCCCC)COP(=O)(O)OCC[N+](C)(C)C. The minimum atomic E-state index is -4.41. The Morgan fingerprint density at radius 2 is 0.679 bits per heavy atom. The van der Waals surface area contributed by atoms with Gasteiger partial charge in [0, 0.05) is 12.8 Å². The first kappa shape index (κ1) is 79.9. The molecule has 0 aliphatic rings. The van der Waals surface area contributed by atoms with Crippen molar-refractivity contribution in [2.75, 3.05) is 47.5 Å². The molecule has 84 heavy (non-hydrogen) atoms. The molecule has 2 unspecified atom stereocenters. The summed E-state index contributed by atoms with van der Waals surface area (Å²) < 4.78 is 34.6. The number of ether oxygens (including phenoxy) is 2. The largest absolute Gasteiger partial charge is 0.472 e. The van der Waals surface area contributed by atoms with Crippen molar-refractivity contribution in [3.8, 4) is 0 Å².